The lowest BCUT2D eigenvalue weighted by Gasteiger charge is -2.34. The van der Waals surface area contributed by atoms with Crippen LogP contribution in [-0.4, -0.2) is 52.1 Å². The number of hydrogen-bond acceptors (Lipinski definition) is 5. The predicted octanol–water partition coefficient (Wildman–Crippen LogP) is 3.31. The lowest BCUT2D eigenvalue weighted by Crippen LogP contribution is -2.40. The summed E-state index contributed by atoms with van der Waals surface area (Å²) in [5, 5.41) is 9.94. The van der Waals surface area contributed by atoms with Crippen molar-refractivity contribution < 1.29 is 9.47 Å². The molecule has 1 saturated heterocycles. The molecular weight excluding hydrogens is 364 g/mol. The summed E-state index contributed by atoms with van der Waals surface area (Å²) in [6, 6.07) is 6.14. The van der Waals surface area contributed by atoms with Gasteiger partial charge in [-0.3, -0.25) is 9.47 Å². The van der Waals surface area contributed by atoms with E-state index in [-0.39, 0.29) is 0 Å². The molecule has 2 aliphatic heterocycles. The van der Waals surface area contributed by atoms with E-state index in [2.05, 4.69) is 38.8 Å². The van der Waals surface area contributed by atoms with Crippen molar-refractivity contribution in [2.75, 3.05) is 20.3 Å². The zero-order valence-electron chi connectivity index (χ0n) is 15.6. The molecule has 0 atom stereocenters. The van der Waals surface area contributed by atoms with Gasteiger partial charge in [0.05, 0.1) is 31.5 Å². The molecule has 0 N–H and O–H groups in total. The zero-order chi connectivity index (χ0) is 18.4. The first kappa shape index (κ1) is 17.6. The summed E-state index contributed by atoms with van der Waals surface area (Å²) in [6.45, 7) is 3.16. The summed E-state index contributed by atoms with van der Waals surface area (Å²) in [5.41, 5.74) is 2.40. The molecule has 0 radical (unpaired) electrons. The molecule has 0 spiro atoms. The summed E-state index contributed by atoms with van der Waals surface area (Å²) >= 11 is 6.26. The van der Waals surface area contributed by atoms with Crippen LogP contribution in [0, 0.1) is 0 Å². The first-order chi connectivity index (χ1) is 13.2. The van der Waals surface area contributed by atoms with Gasteiger partial charge in [0.25, 0.3) is 0 Å². The zero-order valence-corrected chi connectivity index (χ0v) is 16.4. The third-order valence-corrected chi connectivity index (χ3v) is 6.16. The highest BCUT2D eigenvalue weighted by atomic mass is 35.5. The number of ether oxygens (including phenoxy) is 2. The number of aromatic nitrogens is 3. The van der Waals surface area contributed by atoms with E-state index in [4.69, 9.17) is 21.1 Å². The average molecular weight is 389 g/mol. The van der Waals surface area contributed by atoms with E-state index in [1.165, 1.54) is 11.3 Å². The van der Waals surface area contributed by atoms with Crippen molar-refractivity contribution in [3.05, 3.63) is 40.4 Å². The van der Waals surface area contributed by atoms with Gasteiger partial charge in [0.2, 0.25) is 0 Å². The van der Waals surface area contributed by atoms with E-state index in [1.807, 2.05) is 6.07 Å². The van der Waals surface area contributed by atoms with Gasteiger partial charge < -0.3 is 9.47 Å². The second kappa shape index (κ2) is 7.17. The third-order valence-electron chi connectivity index (χ3n) is 5.92. The van der Waals surface area contributed by atoms with E-state index in [0.29, 0.717) is 18.1 Å². The Labute approximate surface area is 164 Å². The van der Waals surface area contributed by atoms with Crippen LogP contribution in [0.15, 0.2) is 18.2 Å². The number of hydrogen-bond donors (Lipinski definition) is 0. The van der Waals surface area contributed by atoms with Crippen LogP contribution in [0.3, 0.4) is 0 Å². The van der Waals surface area contributed by atoms with Gasteiger partial charge >= 0.3 is 0 Å². The molecule has 0 bridgehead atoms. The van der Waals surface area contributed by atoms with Crippen LogP contribution in [0.1, 0.15) is 48.8 Å². The molecule has 7 heteroatoms. The normalized spacial score (nSPS) is 26.1. The Kier molecular flexibility index (Phi) is 4.68. The highest BCUT2D eigenvalue weighted by molar-refractivity contribution is 6.30. The fourth-order valence-corrected chi connectivity index (χ4v) is 4.66. The van der Waals surface area contributed by atoms with Crippen LogP contribution in [0.2, 0.25) is 5.02 Å². The minimum absolute atomic E-state index is 0.308. The number of halogens is 1. The number of fused-ring (bicyclic) bond motifs is 3. The van der Waals surface area contributed by atoms with Crippen LogP contribution in [0.4, 0.5) is 0 Å². The Morgan fingerprint density at radius 1 is 1.07 bits per heavy atom. The average Bonchev–Trinajstić information content (AvgIpc) is 2.96. The first-order valence-electron chi connectivity index (χ1n) is 9.82. The largest absolute Gasteiger partial charge is 0.376 e. The van der Waals surface area contributed by atoms with Gasteiger partial charge in [-0.05, 0) is 56.5 Å². The molecule has 6 nitrogen and oxygen atoms in total. The molecule has 144 valence electrons. The molecule has 1 aliphatic carbocycles. The van der Waals surface area contributed by atoms with Crippen molar-refractivity contribution in [1.82, 2.24) is 19.7 Å². The fraction of sp³-hybridized carbons (Fsp3) is 0.600. The molecule has 1 aromatic heterocycles. The van der Waals surface area contributed by atoms with Crippen molar-refractivity contribution in [1.29, 1.82) is 0 Å². The topological polar surface area (TPSA) is 52.4 Å². The summed E-state index contributed by atoms with van der Waals surface area (Å²) < 4.78 is 13.6. The Morgan fingerprint density at radius 3 is 2.63 bits per heavy atom. The van der Waals surface area contributed by atoms with Gasteiger partial charge in [-0.15, -0.1) is 10.2 Å². The number of benzene rings is 1. The van der Waals surface area contributed by atoms with E-state index in [0.717, 1.165) is 68.7 Å². The van der Waals surface area contributed by atoms with Crippen LogP contribution in [-0.2, 0) is 22.6 Å². The Balaban J connectivity index is 1.40. The van der Waals surface area contributed by atoms with Crippen LogP contribution >= 0.6 is 11.6 Å². The van der Waals surface area contributed by atoms with E-state index < -0.39 is 0 Å². The molecule has 2 aromatic rings. The summed E-state index contributed by atoms with van der Waals surface area (Å²) in [7, 11) is 2.11. The monoisotopic (exact) mass is 388 g/mol. The lowest BCUT2D eigenvalue weighted by atomic mass is 9.86. The van der Waals surface area contributed by atoms with Crippen LogP contribution in [0.25, 0.3) is 5.69 Å². The predicted molar refractivity (Wildman–Crippen MR) is 102 cm³/mol. The minimum Gasteiger partial charge on any atom is -0.376 e. The van der Waals surface area contributed by atoms with Crippen molar-refractivity contribution in [2.24, 2.45) is 0 Å². The Bertz CT molecular complexity index is 827. The molecule has 27 heavy (non-hydrogen) atoms. The highest BCUT2D eigenvalue weighted by Gasteiger charge is 2.32. The third kappa shape index (κ3) is 3.40. The minimum atomic E-state index is 0.308. The maximum Gasteiger partial charge on any atom is 0.151 e. The van der Waals surface area contributed by atoms with E-state index in [1.54, 1.807) is 0 Å². The summed E-state index contributed by atoms with van der Waals surface area (Å²) in [5.74, 6) is 2.53. The van der Waals surface area contributed by atoms with Gasteiger partial charge in [-0.1, -0.05) is 11.6 Å². The molecule has 1 aromatic carbocycles. The lowest BCUT2D eigenvalue weighted by molar-refractivity contribution is -0.160. The first-order valence-corrected chi connectivity index (χ1v) is 10.2. The maximum absolute atomic E-state index is 6.26. The second-order valence-electron chi connectivity index (χ2n) is 8.02. The standard InChI is InChI=1S/C20H25ClN4O2/c1-24-9-14-8-15(21)4-7-18(14)25-19(10-24)22-23-20(25)13-2-5-16(6-3-13)27-17-11-26-12-17/h4,7-8,13,16-17H,2-3,5-6,9-12H2,1H3/t13-,16-. The molecule has 1 saturated carbocycles. The molecule has 2 fully saturated rings. The van der Waals surface area contributed by atoms with Crippen molar-refractivity contribution in [3.8, 4) is 5.69 Å². The molecule has 0 unspecified atom stereocenters. The van der Waals surface area contributed by atoms with Crippen molar-refractivity contribution >= 4 is 11.6 Å². The maximum atomic E-state index is 6.26. The molecular formula is C20H25ClN4O2. The van der Waals surface area contributed by atoms with Crippen LogP contribution < -0.4 is 0 Å². The molecule has 3 heterocycles. The number of nitrogens with zero attached hydrogens (tertiary/aromatic N) is 4. The second-order valence-corrected chi connectivity index (χ2v) is 8.46. The highest BCUT2D eigenvalue weighted by Crippen LogP contribution is 2.37. The Hall–Kier alpha value is -1.47. The Morgan fingerprint density at radius 2 is 1.89 bits per heavy atom. The molecule has 0 amide bonds. The van der Waals surface area contributed by atoms with Gasteiger partial charge in [0.1, 0.15) is 11.9 Å². The summed E-state index contributed by atoms with van der Waals surface area (Å²) in [6.07, 6.45) is 5.01. The van der Waals surface area contributed by atoms with Crippen LogP contribution in [0.5, 0.6) is 0 Å². The number of rotatable bonds is 3. The molecule has 3 aliphatic rings. The van der Waals surface area contributed by atoms with Gasteiger partial charge in [0.15, 0.2) is 5.82 Å². The van der Waals surface area contributed by atoms with E-state index >= 15 is 0 Å². The van der Waals surface area contributed by atoms with Gasteiger partial charge in [0, 0.05) is 17.5 Å². The molecule has 5 rings (SSSR count). The van der Waals surface area contributed by atoms with Gasteiger partial charge in [-0.25, -0.2) is 0 Å². The smallest absolute Gasteiger partial charge is 0.151 e. The van der Waals surface area contributed by atoms with E-state index in [9.17, 15) is 0 Å². The fourth-order valence-electron chi connectivity index (χ4n) is 4.47. The van der Waals surface area contributed by atoms with Crippen molar-refractivity contribution in [3.63, 3.8) is 0 Å². The van der Waals surface area contributed by atoms with Crippen molar-refractivity contribution in [2.45, 2.75) is 56.9 Å². The summed E-state index contributed by atoms with van der Waals surface area (Å²) in [4.78, 5) is 2.26. The quantitative estimate of drug-likeness (QED) is 0.807. The SMILES string of the molecule is CN1Cc2cc(Cl)ccc2-n2c(nnc2[C@H]2CC[C@H](OC3COC3)CC2)C1. The van der Waals surface area contributed by atoms with Gasteiger partial charge in [-0.2, -0.15) is 0 Å².